The fourth-order valence-electron chi connectivity index (χ4n) is 3.97. The topological polar surface area (TPSA) is 65.1 Å². The highest BCUT2D eigenvalue weighted by Gasteiger charge is 2.26. The zero-order valence-corrected chi connectivity index (χ0v) is 16.1. The van der Waals surface area contributed by atoms with E-state index in [1.54, 1.807) is 7.05 Å². The van der Waals surface area contributed by atoms with Gasteiger partial charge in [0.2, 0.25) is 5.95 Å². The third-order valence-electron chi connectivity index (χ3n) is 5.58. The van der Waals surface area contributed by atoms with Crippen LogP contribution in [0.3, 0.4) is 0 Å². The van der Waals surface area contributed by atoms with Gasteiger partial charge in [-0.3, -0.25) is 18.5 Å². The van der Waals surface area contributed by atoms with Gasteiger partial charge in [-0.25, -0.2) is 4.79 Å². The number of rotatable bonds is 3. The molecule has 0 saturated carbocycles. The summed E-state index contributed by atoms with van der Waals surface area (Å²) in [7, 11) is 3.20. The molecule has 1 saturated heterocycles. The molecule has 0 unspecified atom stereocenters. The van der Waals surface area contributed by atoms with Crippen molar-refractivity contribution in [3.63, 3.8) is 0 Å². The van der Waals surface area contributed by atoms with Crippen molar-refractivity contribution in [2.24, 2.45) is 14.1 Å². The lowest BCUT2D eigenvalue weighted by molar-refractivity contribution is 0.547. The zero-order chi connectivity index (χ0) is 19.1. The van der Waals surface area contributed by atoms with E-state index in [0.29, 0.717) is 11.2 Å². The molecule has 1 aliphatic rings. The van der Waals surface area contributed by atoms with Crippen LogP contribution in [0.1, 0.15) is 37.8 Å². The Morgan fingerprint density at radius 3 is 2.30 bits per heavy atom. The van der Waals surface area contributed by atoms with Gasteiger partial charge in [0.15, 0.2) is 11.2 Å². The van der Waals surface area contributed by atoms with Gasteiger partial charge < -0.3 is 4.90 Å². The smallest absolute Gasteiger partial charge is 0.332 e. The van der Waals surface area contributed by atoms with Gasteiger partial charge in [-0.15, -0.1) is 0 Å². The summed E-state index contributed by atoms with van der Waals surface area (Å²) < 4.78 is 4.65. The molecule has 1 atom stereocenters. The molecule has 3 aromatic rings. The normalized spacial score (nSPS) is 16.0. The first-order chi connectivity index (χ1) is 13.0. The number of benzene rings is 1. The SMILES string of the molecule is C[C@H](c1ccccc1)n1c(N2CCCCC2)nc2c1c(=O)n(C)c(=O)n2C. The molecule has 0 N–H and O–H groups in total. The van der Waals surface area contributed by atoms with Gasteiger partial charge in [-0.1, -0.05) is 30.3 Å². The number of imidazole rings is 1. The van der Waals surface area contributed by atoms with E-state index in [1.807, 2.05) is 22.8 Å². The number of aryl methyl sites for hydroxylation is 1. The van der Waals surface area contributed by atoms with E-state index in [2.05, 4.69) is 24.0 Å². The van der Waals surface area contributed by atoms with E-state index < -0.39 is 0 Å². The molecule has 0 amide bonds. The van der Waals surface area contributed by atoms with Crippen LogP contribution in [0.25, 0.3) is 11.2 Å². The van der Waals surface area contributed by atoms with Crippen molar-refractivity contribution in [3.05, 3.63) is 56.7 Å². The minimum Gasteiger partial charge on any atom is -0.342 e. The quantitative estimate of drug-likeness (QED) is 0.711. The highest BCUT2D eigenvalue weighted by Crippen LogP contribution is 2.30. The largest absolute Gasteiger partial charge is 0.342 e. The molecular weight excluding hydrogens is 342 g/mol. The molecule has 1 fully saturated rings. The molecule has 3 heterocycles. The van der Waals surface area contributed by atoms with Crippen LogP contribution in [-0.4, -0.2) is 31.8 Å². The van der Waals surface area contributed by atoms with Crippen LogP contribution in [0.5, 0.6) is 0 Å². The standard InChI is InChI=1S/C20H25N5O2/c1-14(15-10-6-4-7-11-15)25-16-17(22(2)20(27)23(3)18(16)26)21-19(25)24-12-8-5-9-13-24/h4,6-7,10-11,14H,5,8-9,12-13H2,1-3H3/t14-/m1/s1. The summed E-state index contributed by atoms with van der Waals surface area (Å²) >= 11 is 0. The van der Waals surface area contributed by atoms with Gasteiger partial charge in [-0.05, 0) is 31.7 Å². The summed E-state index contributed by atoms with van der Waals surface area (Å²) in [5, 5.41) is 0. The molecule has 7 heteroatoms. The highest BCUT2D eigenvalue weighted by atomic mass is 16.2. The lowest BCUT2D eigenvalue weighted by Gasteiger charge is -2.30. The Hall–Kier alpha value is -2.83. The van der Waals surface area contributed by atoms with Gasteiger partial charge in [0.1, 0.15) is 0 Å². The second-order valence-electron chi connectivity index (χ2n) is 7.29. The Balaban J connectivity index is 2.04. The highest BCUT2D eigenvalue weighted by molar-refractivity contribution is 5.75. The zero-order valence-electron chi connectivity index (χ0n) is 16.1. The van der Waals surface area contributed by atoms with Crippen LogP contribution in [-0.2, 0) is 14.1 Å². The summed E-state index contributed by atoms with van der Waals surface area (Å²) in [5.41, 5.74) is 1.38. The van der Waals surface area contributed by atoms with Crippen molar-refractivity contribution in [3.8, 4) is 0 Å². The summed E-state index contributed by atoms with van der Waals surface area (Å²) in [6.07, 6.45) is 3.44. The van der Waals surface area contributed by atoms with E-state index in [0.717, 1.165) is 42.0 Å². The van der Waals surface area contributed by atoms with Gasteiger partial charge >= 0.3 is 5.69 Å². The maximum Gasteiger partial charge on any atom is 0.332 e. The minimum absolute atomic E-state index is 0.0710. The maximum absolute atomic E-state index is 13.0. The number of piperidine rings is 1. The van der Waals surface area contributed by atoms with Crippen LogP contribution < -0.4 is 16.1 Å². The average Bonchev–Trinajstić information content (AvgIpc) is 3.12. The predicted molar refractivity (Wildman–Crippen MR) is 107 cm³/mol. The second-order valence-corrected chi connectivity index (χ2v) is 7.29. The maximum atomic E-state index is 13.0. The van der Waals surface area contributed by atoms with Crippen LogP contribution in [0, 0.1) is 0 Å². The Bertz CT molecular complexity index is 1090. The van der Waals surface area contributed by atoms with Gasteiger partial charge in [-0.2, -0.15) is 4.98 Å². The van der Waals surface area contributed by atoms with E-state index in [-0.39, 0.29) is 17.3 Å². The average molecular weight is 367 g/mol. The molecule has 7 nitrogen and oxygen atoms in total. The number of hydrogen-bond donors (Lipinski definition) is 0. The number of hydrogen-bond acceptors (Lipinski definition) is 4. The molecule has 1 aromatic carbocycles. The van der Waals surface area contributed by atoms with E-state index in [1.165, 1.54) is 18.0 Å². The van der Waals surface area contributed by atoms with Crippen LogP contribution in [0.4, 0.5) is 5.95 Å². The fraction of sp³-hybridized carbons (Fsp3) is 0.450. The molecule has 0 aliphatic carbocycles. The molecule has 1 aliphatic heterocycles. The first-order valence-corrected chi connectivity index (χ1v) is 9.48. The molecule has 2 aromatic heterocycles. The molecule has 4 rings (SSSR count). The van der Waals surface area contributed by atoms with Crippen molar-refractivity contribution in [2.75, 3.05) is 18.0 Å². The third-order valence-corrected chi connectivity index (χ3v) is 5.58. The van der Waals surface area contributed by atoms with Crippen molar-refractivity contribution in [2.45, 2.75) is 32.2 Å². The van der Waals surface area contributed by atoms with E-state index >= 15 is 0 Å². The fourth-order valence-corrected chi connectivity index (χ4v) is 3.97. The molecule has 0 bridgehead atoms. The summed E-state index contributed by atoms with van der Waals surface area (Å²) in [4.78, 5) is 32.5. The van der Waals surface area contributed by atoms with Crippen molar-refractivity contribution in [1.82, 2.24) is 18.7 Å². The second kappa shape index (κ2) is 6.72. The first-order valence-electron chi connectivity index (χ1n) is 9.48. The Labute approximate surface area is 157 Å². The van der Waals surface area contributed by atoms with Crippen LogP contribution in [0.2, 0.25) is 0 Å². The number of nitrogens with zero attached hydrogens (tertiary/aromatic N) is 5. The summed E-state index contributed by atoms with van der Waals surface area (Å²) in [6, 6.07) is 10.0. The van der Waals surface area contributed by atoms with Crippen LogP contribution in [0.15, 0.2) is 39.9 Å². The number of anilines is 1. The lowest BCUT2D eigenvalue weighted by atomic mass is 10.1. The van der Waals surface area contributed by atoms with Crippen molar-refractivity contribution >= 4 is 17.1 Å². The van der Waals surface area contributed by atoms with Gasteiger partial charge in [0, 0.05) is 27.2 Å². The molecule has 0 spiro atoms. The third kappa shape index (κ3) is 2.78. The van der Waals surface area contributed by atoms with Gasteiger partial charge in [0.25, 0.3) is 5.56 Å². The molecule has 142 valence electrons. The first kappa shape index (κ1) is 17.6. The Kier molecular flexibility index (Phi) is 4.37. The molecule has 27 heavy (non-hydrogen) atoms. The van der Waals surface area contributed by atoms with Crippen LogP contribution >= 0.6 is 0 Å². The Morgan fingerprint density at radius 2 is 1.63 bits per heavy atom. The van der Waals surface area contributed by atoms with Gasteiger partial charge in [0.05, 0.1) is 6.04 Å². The number of fused-ring (bicyclic) bond motifs is 1. The molecular formula is C20H25N5O2. The molecule has 0 radical (unpaired) electrons. The monoisotopic (exact) mass is 367 g/mol. The van der Waals surface area contributed by atoms with Crippen molar-refractivity contribution < 1.29 is 0 Å². The van der Waals surface area contributed by atoms with E-state index in [9.17, 15) is 9.59 Å². The summed E-state index contributed by atoms with van der Waals surface area (Å²) in [6.45, 7) is 3.91. The Morgan fingerprint density at radius 1 is 0.963 bits per heavy atom. The number of aromatic nitrogens is 4. The summed E-state index contributed by atoms with van der Waals surface area (Å²) in [5.74, 6) is 0.777. The predicted octanol–water partition coefficient (Wildman–Crippen LogP) is 2.03. The minimum atomic E-state index is -0.352. The van der Waals surface area contributed by atoms with Crippen molar-refractivity contribution in [1.29, 1.82) is 0 Å². The van der Waals surface area contributed by atoms with E-state index in [4.69, 9.17) is 4.98 Å². The lowest BCUT2D eigenvalue weighted by Crippen LogP contribution is -2.38.